The van der Waals surface area contributed by atoms with Crippen molar-refractivity contribution in [1.82, 2.24) is 4.72 Å². The molecule has 2 N–H and O–H groups in total. The molecule has 0 radical (unpaired) electrons. The first-order valence-corrected chi connectivity index (χ1v) is 7.86. The van der Waals surface area contributed by atoms with Gasteiger partial charge in [-0.15, -0.1) is 0 Å². The fourth-order valence-corrected chi connectivity index (χ4v) is 3.92. The number of rotatable bonds is 4. The summed E-state index contributed by atoms with van der Waals surface area (Å²) in [6.07, 6.45) is 1.10. The Bertz CT molecular complexity index is 582. The average molecular weight is 303 g/mol. The molecule has 1 fully saturated rings. The van der Waals surface area contributed by atoms with Crippen molar-refractivity contribution >= 4 is 10.0 Å². The number of halogens is 1. The summed E-state index contributed by atoms with van der Waals surface area (Å²) in [7, 11) is -3.89. The summed E-state index contributed by atoms with van der Waals surface area (Å²) >= 11 is 0. The number of aliphatic hydroxyl groups is 1. The molecule has 0 bridgehead atoms. The van der Waals surface area contributed by atoms with Gasteiger partial charge < -0.3 is 9.84 Å². The first-order chi connectivity index (χ1) is 9.36. The Kier molecular flexibility index (Phi) is 4.43. The molecular weight excluding hydrogens is 285 g/mol. The van der Waals surface area contributed by atoms with E-state index in [2.05, 4.69) is 4.72 Å². The molecule has 0 spiro atoms. The van der Waals surface area contributed by atoms with E-state index in [0.29, 0.717) is 26.1 Å². The quantitative estimate of drug-likeness (QED) is 0.875. The van der Waals surface area contributed by atoms with Crippen LogP contribution in [0, 0.1) is 5.82 Å². The normalized spacial score (nSPS) is 18.9. The van der Waals surface area contributed by atoms with Crippen molar-refractivity contribution in [3.63, 3.8) is 0 Å². The molecule has 0 aliphatic carbocycles. The number of aliphatic hydroxyl groups excluding tert-OH is 1. The predicted octanol–water partition coefficient (Wildman–Crippen LogP) is 1.17. The van der Waals surface area contributed by atoms with Crippen LogP contribution in [-0.2, 0) is 21.4 Å². The van der Waals surface area contributed by atoms with E-state index in [-0.39, 0.29) is 10.5 Å². The Morgan fingerprint density at radius 1 is 1.40 bits per heavy atom. The van der Waals surface area contributed by atoms with Crippen molar-refractivity contribution in [2.24, 2.45) is 0 Å². The van der Waals surface area contributed by atoms with Gasteiger partial charge in [-0.3, -0.25) is 0 Å². The van der Waals surface area contributed by atoms with E-state index >= 15 is 0 Å². The highest BCUT2D eigenvalue weighted by atomic mass is 32.2. The fraction of sp³-hybridized carbons (Fsp3) is 0.538. The Morgan fingerprint density at radius 3 is 2.65 bits per heavy atom. The smallest absolute Gasteiger partial charge is 0.241 e. The van der Waals surface area contributed by atoms with Gasteiger partial charge in [0.25, 0.3) is 0 Å². The average Bonchev–Trinajstić information content (AvgIpc) is 2.38. The third-order valence-electron chi connectivity index (χ3n) is 3.47. The van der Waals surface area contributed by atoms with E-state index < -0.39 is 28.0 Å². The Morgan fingerprint density at radius 2 is 2.05 bits per heavy atom. The zero-order chi connectivity index (χ0) is 14.8. The van der Waals surface area contributed by atoms with Crippen molar-refractivity contribution in [1.29, 1.82) is 0 Å². The lowest BCUT2D eigenvalue weighted by molar-refractivity contribution is 0.0537. The molecule has 1 aromatic carbocycles. The zero-order valence-corrected chi connectivity index (χ0v) is 12.0. The molecule has 0 atom stereocenters. The molecule has 5 nitrogen and oxygen atoms in total. The zero-order valence-electron chi connectivity index (χ0n) is 11.2. The summed E-state index contributed by atoms with van der Waals surface area (Å²) in [5.41, 5.74) is -0.439. The van der Waals surface area contributed by atoms with Crippen molar-refractivity contribution in [2.45, 2.75) is 36.8 Å². The molecule has 1 aliphatic heterocycles. The van der Waals surface area contributed by atoms with Gasteiger partial charge in [0.05, 0.1) is 11.5 Å². The monoisotopic (exact) mass is 303 g/mol. The van der Waals surface area contributed by atoms with Crippen LogP contribution in [0.25, 0.3) is 0 Å². The first-order valence-electron chi connectivity index (χ1n) is 6.37. The molecule has 2 rings (SSSR count). The second-order valence-electron chi connectivity index (χ2n) is 5.19. The maximum absolute atomic E-state index is 13.3. The number of nitrogens with one attached hydrogen (secondary N) is 1. The standard InChI is InChI=1S/C13H18FNO4S/c1-13(4-6-19-7-5-13)15-20(17,18)12-8-11(14)3-2-10(12)9-16/h2-3,8,15-16H,4-7,9H2,1H3. The minimum atomic E-state index is -3.89. The molecular formula is C13H18FNO4S. The van der Waals surface area contributed by atoms with E-state index in [4.69, 9.17) is 4.74 Å². The fourth-order valence-electron chi connectivity index (χ4n) is 2.21. The maximum atomic E-state index is 13.3. The first kappa shape index (κ1) is 15.4. The third kappa shape index (κ3) is 3.35. The van der Waals surface area contributed by atoms with Crippen LogP contribution >= 0.6 is 0 Å². The molecule has 0 aromatic heterocycles. The minimum absolute atomic E-state index is 0.176. The molecule has 1 saturated heterocycles. The van der Waals surface area contributed by atoms with Crippen LogP contribution in [-0.4, -0.2) is 32.3 Å². The van der Waals surface area contributed by atoms with Crippen molar-refractivity contribution in [2.75, 3.05) is 13.2 Å². The summed E-state index contributed by atoms with van der Waals surface area (Å²) in [5.74, 6) is -0.653. The van der Waals surface area contributed by atoms with Gasteiger partial charge in [0.15, 0.2) is 0 Å². The minimum Gasteiger partial charge on any atom is -0.392 e. The van der Waals surface area contributed by atoms with Gasteiger partial charge in [0, 0.05) is 18.8 Å². The van der Waals surface area contributed by atoms with Crippen LogP contribution in [0.1, 0.15) is 25.3 Å². The number of sulfonamides is 1. The van der Waals surface area contributed by atoms with Gasteiger partial charge in [-0.1, -0.05) is 6.07 Å². The Labute approximate surface area is 117 Å². The summed E-state index contributed by atoms with van der Waals surface area (Å²) in [6, 6.07) is 3.33. The van der Waals surface area contributed by atoms with Gasteiger partial charge in [-0.2, -0.15) is 0 Å². The van der Waals surface area contributed by atoms with Gasteiger partial charge in [-0.05, 0) is 37.5 Å². The van der Waals surface area contributed by atoms with Crippen LogP contribution < -0.4 is 4.72 Å². The Balaban J connectivity index is 2.32. The summed E-state index contributed by atoms with van der Waals surface area (Å²) in [5, 5.41) is 9.21. The van der Waals surface area contributed by atoms with Crippen LogP contribution in [0.3, 0.4) is 0 Å². The summed E-state index contributed by atoms with van der Waals surface area (Å²) in [6.45, 7) is 2.30. The lowest BCUT2D eigenvalue weighted by Gasteiger charge is -2.34. The summed E-state index contributed by atoms with van der Waals surface area (Å²) < 4.78 is 45.9. The van der Waals surface area contributed by atoms with E-state index in [1.807, 2.05) is 0 Å². The highest BCUT2D eigenvalue weighted by Crippen LogP contribution is 2.25. The van der Waals surface area contributed by atoms with Gasteiger partial charge in [0.1, 0.15) is 5.82 Å². The SMILES string of the molecule is CC1(NS(=O)(=O)c2cc(F)ccc2CO)CCOCC1. The number of ether oxygens (including phenoxy) is 1. The van der Waals surface area contributed by atoms with Crippen LogP contribution in [0.2, 0.25) is 0 Å². The Hall–Kier alpha value is -1.02. The highest BCUT2D eigenvalue weighted by molar-refractivity contribution is 7.89. The van der Waals surface area contributed by atoms with Crippen LogP contribution in [0.4, 0.5) is 4.39 Å². The van der Waals surface area contributed by atoms with E-state index in [0.717, 1.165) is 12.1 Å². The molecule has 20 heavy (non-hydrogen) atoms. The van der Waals surface area contributed by atoms with Gasteiger partial charge in [-0.25, -0.2) is 17.5 Å². The number of hydrogen-bond donors (Lipinski definition) is 2. The van der Waals surface area contributed by atoms with Crippen LogP contribution in [0.5, 0.6) is 0 Å². The molecule has 0 amide bonds. The molecule has 112 valence electrons. The third-order valence-corrected chi connectivity index (χ3v) is 5.19. The van der Waals surface area contributed by atoms with E-state index in [9.17, 15) is 17.9 Å². The topological polar surface area (TPSA) is 75.6 Å². The van der Waals surface area contributed by atoms with E-state index in [1.165, 1.54) is 6.07 Å². The van der Waals surface area contributed by atoms with Crippen molar-refractivity contribution in [3.05, 3.63) is 29.6 Å². The van der Waals surface area contributed by atoms with Gasteiger partial charge >= 0.3 is 0 Å². The molecule has 1 aliphatic rings. The second-order valence-corrected chi connectivity index (χ2v) is 6.84. The molecule has 0 unspecified atom stereocenters. The second kappa shape index (κ2) is 5.77. The summed E-state index contributed by atoms with van der Waals surface area (Å²) in [4.78, 5) is -0.215. The highest BCUT2D eigenvalue weighted by Gasteiger charge is 2.33. The molecule has 0 saturated carbocycles. The van der Waals surface area contributed by atoms with Crippen LogP contribution in [0.15, 0.2) is 23.1 Å². The molecule has 7 heteroatoms. The van der Waals surface area contributed by atoms with E-state index in [1.54, 1.807) is 6.92 Å². The van der Waals surface area contributed by atoms with Crippen molar-refractivity contribution in [3.8, 4) is 0 Å². The largest absolute Gasteiger partial charge is 0.392 e. The van der Waals surface area contributed by atoms with Crippen molar-refractivity contribution < 1.29 is 22.7 Å². The maximum Gasteiger partial charge on any atom is 0.241 e. The van der Waals surface area contributed by atoms with Gasteiger partial charge in [0.2, 0.25) is 10.0 Å². The molecule has 1 aromatic rings. The molecule has 1 heterocycles. The lowest BCUT2D eigenvalue weighted by Crippen LogP contribution is -2.49. The lowest BCUT2D eigenvalue weighted by atomic mass is 9.94. The number of benzene rings is 1. The predicted molar refractivity (Wildman–Crippen MR) is 71.1 cm³/mol. The number of hydrogen-bond acceptors (Lipinski definition) is 4.